The van der Waals surface area contributed by atoms with E-state index in [9.17, 15) is 5.11 Å². The molecule has 1 aromatic heterocycles. The van der Waals surface area contributed by atoms with Gasteiger partial charge >= 0.3 is 0 Å². The van der Waals surface area contributed by atoms with Crippen molar-refractivity contribution in [3.8, 4) is 5.75 Å². The highest BCUT2D eigenvalue weighted by Crippen LogP contribution is 2.33. The number of aryl methyl sites for hydroxylation is 2. The normalized spacial score (nSPS) is 19.6. The van der Waals surface area contributed by atoms with Crippen LogP contribution in [0.3, 0.4) is 0 Å². The van der Waals surface area contributed by atoms with E-state index in [0.717, 1.165) is 25.1 Å². The van der Waals surface area contributed by atoms with E-state index >= 15 is 0 Å². The van der Waals surface area contributed by atoms with Gasteiger partial charge in [0.15, 0.2) is 0 Å². The first kappa shape index (κ1) is 13.1. The van der Waals surface area contributed by atoms with Crippen molar-refractivity contribution in [1.29, 1.82) is 0 Å². The summed E-state index contributed by atoms with van der Waals surface area (Å²) in [5, 5.41) is 21.3. The molecule has 0 amide bonds. The first-order valence-corrected chi connectivity index (χ1v) is 7.07. The van der Waals surface area contributed by atoms with Gasteiger partial charge in [0.05, 0.1) is 6.04 Å². The molecule has 2 N–H and O–H groups in total. The van der Waals surface area contributed by atoms with E-state index < -0.39 is 0 Å². The van der Waals surface area contributed by atoms with Crippen LogP contribution in [0, 0.1) is 0 Å². The molecule has 0 saturated carbocycles. The van der Waals surface area contributed by atoms with Gasteiger partial charge in [-0.2, -0.15) is 0 Å². The number of rotatable bonds is 3. The molecule has 5 nitrogen and oxygen atoms in total. The van der Waals surface area contributed by atoms with E-state index in [2.05, 4.69) is 22.4 Å². The molecule has 1 heterocycles. The minimum atomic E-state index is 0.146. The summed E-state index contributed by atoms with van der Waals surface area (Å²) in [6.45, 7) is 2.11. The van der Waals surface area contributed by atoms with Gasteiger partial charge in [-0.3, -0.25) is 0 Å². The first-order chi connectivity index (χ1) is 9.65. The highest BCUT2D eigenvalue weighted by Gasteiger charge is 2.23. The molecular formula is C15H20N4O. The lowest BCUT2D eigenvalue weighted by molar-refractivity contribution is 0.398. The third-order valence-electron chi connectivity index (χ3n) is 4.03. The van der Waals surface area contributed by atoms with Crippen molar-refractivity contribution < 1.29 is 5.11 Å². The summed E-state index contributed by atoms with van der Waals surface area (Å²) in [7, 11) is 1.96. The summed E-state index contributed by atoms with van der Waals surface area (Å²) in [4.78, 5) is 0. The van der Waals surface area contributed by atoms with Gasteiger partial charge in [0, 0.05) is 13.1 Å². The fourth-order valence-corrected chi connectivity index (χ4v) is 3.03. The number of hydrogen-bond acceptors (Lipinski definition) is 4. The van der Waals surface area contributed by atoms with Gasteiger partial charge in [-0.25, -0.2) is 0 Å². The minimum Gasteiger partial charge on any atom is -0.508 e. The molecule has 1 aromatic carbocycles. The van der Waals surface area contributed by atoms with Crippen LogP contribution in [0.4, 0.5) is 0 Å². The maximum Gasteiger partial charge on any atom is 0.149 e. The molecule has 20 heavy (non-hydrogen) atoms. The van der Waals surface area contributed by atoms with Crippen LogP contribution in [0.1, 0.15) is 48.8 Å². The zero-order valence-electron chi connectivity index (χ0n) is 11.9. The number of phenolic OH excluding ortho intramolecular Hbond substituents is 1. The van der Waals surface area contributed by atoms with Crippen LogP contribution in [0.25, 0.3) is 0 Å². The van der Waals surface area contributed by atoms with E-state index in [1.165, 1.54) is 11.1 Å². The molecule has 2 aromatic rings. The molecule has 3 rings (SSSR count). The Labute approximate surface area is 118 Å². The Balaban J connectivity index is 1.81. The molecular weight excluding hydrogens is 252 g/mol. The van der Waals surface area contributed by atoms with Crippen LogP contribution in [0.2, 0.25) is 0 Å². The summed E-state index contributed by atoms with van der Waals surface area (Å²) >= 11 is 0. The first-order valence-electron chi connectivity index (χ1n) is 7.07. The molecule has 1 aliphatic carbocycles. The Kier molecular flexibility index (Phi) is 3.44. The fourth-order valence-electron chi connectivity index (χ4n) is 3.03. The van der Waals surface area contributed by atoms with Crippen molar-refractivity contribution in [2.45, 2.75) is 38.3 Å². The zero-order valence-corrected chi connectivity index (χ0v) is 11.9. The summed E-state index contributed by atoms with van der Waals surface area (Å²) in [5.74, 6) is 1.29. The van der Waals surface area contributed by atoms with Gasteiger partial charge in [-0.05, 0) is 49.4 Å². The number of fused-ring (bicyclic) bond motifs is 1. The lowest BCUT2D eigenvalue weighted by atomic mass is 9.87. The maximum absolute atomic E-state index is 9.60. The second-order valence-electron chi connectivity index (χ2n) is 5.52. The van der Waals surface area contributed by atoms with Crippen LogP contribution in [-0.4, -0.2) is 19.9 Å². The Bertz CT molecular complexity index is 608. The largest absolute Gasteiger partial charge is 0.508 e. The number of aromatic nitrogens is 3. The van der Waals surface area contributed by atoms with Gasteiger partial charge in [0.1, 0.15) is 17.9 Å². The molecule has 0 radical (unpaired) electrons. The highest BCUT2D eigenvalue weighted by molar-refractivity contribution is 5.38. The number of aromatic hydroxyl groups is 1. The number of hydrogen-bond donors (Lipinski definition) is 2. The second-order valence-corrected chi connectivity index (χ2v) is 5.52. The van der Waals surface area contributed by atoms with Gasteiger partial charge < -0.3 is 15.0 Å². The molecule has 1 aliphatic rings. The monoisotopic (exact) mass is 272 g/mol. The van der Waals surface area contributed by atoms with E-state index in [-0.39, 0.29) is 6.04 Å². The standard InChI is InChI=1S/C15H20N4O/c1-10(15-18-16-9-19(15)2)17-14-5-3-4-11-8-12(20)6-7-13(11)14/h6-10,14,17,20H,3-5H2,1-2H3. The van der Waals surface area contributed by atoms with Crippen LogP contribution >= 0.6 is 0 Å². The average molecular weight is 272 g/mol. The van der Waals surface area contributed by atoms with E-state index in [4.69, 9.17) is 0 Å². The number of phenols is 1. The van der Waals surface area contributed by atoms with Gasteiger partial charge in [0.2, 0.25) is 0 Å². The third-order valence-corrected chi connectivity index (χ3v) is 4.03. The van der Waals surface area contributed by atoms with Crippen LogP contribution in [0.15, 0.2) is 24.5 Å². The van der Waals surface area contributed by atoms with Crippen molar-refractivity contribution in [2.75, 3.05) is 0 Å². The topological polar surface area (TPSA) is 63.0 Å². The zero-order chi connectivity index (χ0) is 14.1. The van der Waals surface area contributed by atoms with Crippen molar-refractivity contribution in [3.05, 3.63) is 41.5 Å². The average Bonchev–Trinajstić information content (AvgIpc) is 2.85. The number of nitrogens with one attached hydrogen (secondary N) is 1. The predicted molar refractivity (Wildman–Crippen MR) is 76.3 cm³/mol. The Hall–Kier alpha value is -1.88. The summed E-state index contributed by atoms with van der Waals surface area (Å²) in [6.07, 6.45) is 5.01. The van der Waals surface area contributed by atoms with E-state index in [1.807, 2.05) is 23.7 Å². The van der Waals surface area contributed by atoms with Gasteiger partial charge in [-0.1, -0.05) is 6.07 Å². The minimum absolute atomic E-state index is 0.146. The quantitative estimate of drug-likeness (QED) is 0.899. The molecule has 0 saturated heterocycles. The van der Waals surface area contributed by atoms with Crippen LogP contribution in [-0.2, 0) is 13.5 Å². The maximum atomic E-state index is 9.60. The highest BCUT2D eigenvalue weighted by atomic mass is 16.3. The molecule has 0 bridgehead atoms. The molecule has 2 unspecified atom stereocenters. The summed E-state index contributed by atoms with van der Waals surface area (Å²) in [6, 6.07) is 6.14. The fraction of sp³-hybridized carbons (Fsp3) is 0.467. The van der Waals surface area contributed by atoms with Crippen molar-refractivity contribution in [3.63, 3.8) is 0 Å². The molecule has 106 valence electrons. The Morgan fingerprint density at radius 2 is 2.30 bits per heavy atom. The van der Waals surface area contributed by atoms with Crippen molar-refractivity contribution in [2.24, 2.45) is 7.05 Å². The van der Waals surface area contributed by atoms with Crippen LogP contribution < -0.4 is 5.32 Å². The number of benzene rings is 1. The third kappa shape index (κ3) is 2.41. The van der Waals surface area contributed by atoms with Gasteiger partial charge in [0.25, 0.3) is 0 Å². The van der Waals surface area contributed by atoms with Gasteiger partial charge in [-0.15, -0.1) is 10.2 Å². The molecule has 5 heteroatoms. The smallest absolute Gasteiger partial charge is 0.149 e. The molecule has 0 spiro atoms. The summed E-state index contributed by atoms with van der Waals surface area (Å²) < 4.78 is 1.94. The second kappa shape index (κ2) is 5.25. The van der Waals surface area contributed by atoms with E-state index in [1.54, 1.807) is 12.4 Å². The summed E-state index contributed by atoms with van der Waals surface area (Å²) in [5.41, 5.74) is 2.54. The molecule has 0 fully saturated rings. The molecule has 0 aliphatic heterocycles. The van der Waals surface area contributed by atoms with Crippen LogP contribution in [0.5, 0.6) is 5.75 Å². The number of nitrogens with zero attached hydrogens (tertiary/aromatic N) is 3. The predicted octanol–water partition coefficient (Wildman–Crippen LogP) is 2.25. The van der Waals surface area contributed by atoms with Crippen molar-refractivity contribution in [1.82, 2.24) is 20.1 Å². The Morgan fingerprint density at radius 1 is 1.45 bits per heavy atom. The SMILES string of the molecule is CC(NC1CCCc2cc(O)ccc21)c1nncn1C. The Morgan fingerprint density at radius 3 is 3.05 bits per heavy atom. The lowest BCUT2D eigenvalue weighted by Crippen LogP contribution is -2.29. The lowest BCUT2D eigenvalue weighted by Gasteiger charge is -2.29. The van der Waals surface area contributed by atoms with Crippen molar-refractivity contribution >= 4 is 0 Å². The molecule has 2 atom stereocenters. The van der Waals surface area contributed by atoms with E-state index in [0.29, 0.717) is 11.8 Å².